The second-order valence-corrected chi connectivity index (χ2v) is 8.68. The largest absolute Gasteiger partial charge is 0.766 e. The lowest BCUT2D eigenvalue weighted by atomic mass is 10.1. The van der Waals surface area contributed by atoms with Crippen LogP contribution in [0.25, 0.3) is 0 Å². The molecule has 1 fully saturated rings. The topological polar surface area (TPSA) is 201 Å². The van der Waals surface area contributed by atoms with E-state index in [1.165, 1.54) is 0 Å². The Morgan fingerprint density at radius 1 is 1.29 bits per heavy atom. The number of rotatable bonds is 7. The van der Waals surface area contributed by atoms with E-state index in [-0.39, 0.29) is 12.5 Å². The third-order valence-corrected chi connectivity index (χ3v) is 6.16. The summed E-state index contributed by atoms with van der Waals surface area (Å²) in [5, 5.41) is 11.2. The van der Waals surface area contributed by atoms with E-state index in [1.54, 1.807) is 12.0 Å². The third-order valence-electron chi connectivity index (χ3n) is 2.31. The highest BCUT2D eigenvalue weighted by Crippen LogP contribution is 2.59. The third kappa shape index (κ3) is 7.43. The summed E-state index contributed by atoms with van der Waals surface area (Å²) in [7, 11) is -16.8. The average molecular weight is 368 g/mol. The lowest BCUT2D eigenvalue weighted by Gasteiger charge is -2.33. The molecule has 0 aromatic rings. The summed E-state index contributed by atoms with van der Waals surface area (Å²) in [6.45, 7) is 1.14. The van der Waals surface area contributed by atoms with Crippen molar-refractivity contribution in [1.82, 2.24) is 5.09 Å². The molecule has 0 aromatic carbocycles. The quantitative estimate of drug-likeness (QED) is 0.401. The lowest BCUT2D eigenvalue weighted by Crippen LogP contribution is -2.35. The minimum Gasteiger partial charge on any atom is -0.766 e. The molecule has 21 heavy (non-hydrogen) atoms. The molecule has 15 heteroatoms. The van der Waals surface area contributed by atoms with Crippen molar-refractivity contribution >= 4 is 23.4 Å². The molecule has 0 spiro atoms. The maximum atomic E-state index is 11.3. The molecule has 6 atom stereocenters. The Kier molecular flexibility index (Phi) is 6.31. The molecule has 3 N–H and O–H groups in total. The van der Waals surface area contributed by atoms with Gasteiger partial charge in [-0.25, -0.2) is 4.31 Å². The summed E-state index contributed by atoms with van der Waals surface area (Å²) in [4.78, 5) is 40.6. The Morgan fingerprint density at radius 3 is 2.29 bits per heavy atom. The first-order valence-electron chi connectivity index (χ1n) is 5.47. The Hall–Kier alpha value is 0.330. The van der Waals surface area contributed by atoms with Crippen LogP contribution in [0.1, 0.15) is 13.3 Å². The van der Waals surface area contributed by atoms with Gasteiger partial charge < -0.3 is 29.4 Å². The molecule has 1 saturated heterocycles. The van der Waals surface area contributed by atoms with Crippen LogP contribution < -0.4 is 19.8 Å². The van der Waals surface area contributed by atoms with E-state index in [4.69, 9.17) is 9.63 Å². The van der Waals surface area contributed by atoms with Crippen molar-refractivity contribution in [2.75, 3.05) is 6.54 Å². The smallest absolute Gasteiger partial charge is 0.280 e. The second kappa shape index (κ2) is 6.84. The molecule has 0 aromatic heterocycles. The zero-order chi connectivity index (χ0) is 16.5. The minimum absolute atomic E-state index is 0.267. The SMILES string of the molecule is C[C@H]1CC(O)[C@@H](CNP(=O)([O-])OP(=O)([O-])OP(=O)([O-])O)O1. The van der Waals surface area contributed by atoms with Crippen molar-refractivity contribution in [3.05, 3.63) is 0 Å². The molecule has 4 unspecified atom stereocenters. The molecule has 1 rings (SSSR count). The summed E-state index contributed by atoms with van der Waals surface area (Å²) >= 11 is 0. The fourth-order valence-corrected chi connectivity index (χ4v) is 4.71. The monoisotopic (exact) mass is 368 g/mol. The highest BCUT2D eigenvalue weighted by molar-refractivity contribution is 7.66. The first-order chi connectivity index (χ1) is 9.30. The predicted octanol–water partition coefficient (Wildman–Crippen LogP) is -2.45. The van der Waals surface area contributed by atoms with Gasteiger partial charge in [0.2, 0.25) is 7.75 Å². The standard InChI is InChI=1S/C6H16NO11P3/c1-4-2-5(8)6(16-4)3-7-19(9,10)17-21(14,15)18-20(11,12)13/h4-6,8H,2-3H2,1H3,(H,14,15)(H2,7,9,10)(H2,11,12,13)/p-3/t4-,5?,6+/m0/s1. The average Bonchev–Trinajstić information content (AvgIpc) is 2.48. The Morgan fingerprint density at radius 2 is 1.86 bits per heavy atom. The fraction of sp³-hybridized carbons (Fsp3) is 1.00. The van der Waals surface area contributed by atoms with Crippen molar-refractivity contribution < 1.29 is 51.7 Å². The van der Waals surface area contributed by atoms with Gasteiger partial charge >= 0.3 is 0 Å². The van der Waals surface area contributed by atoms with E-state index in [0.717, 1.165) is 0 Å². The molecule has 0 saturated carbocycles. The zero-order valence-corrected chi connectivity index (χ0v) is 13.2. The van der Waals surface area contributed by atoms with Crippen LogP contribution in [-0.2, 0) is 27.1 Å². The second-order valence-electron chi connectivity index (χ2n) is 4.23. The van der Waals surface area contributed by atoms with Crippen LogP contribution in [0.15, 0.2) is 0 Å². The van der Waals surface area contributed by atoms with Gasteiger partial charge in [0, 0.05) is 13.0 Å². The zero-order valence-electron chi connectivity index (χ0n) is 10.6. The number of hydrogen-bond donors (Lipinski definition) is 3. The highest BCUT2D eigenvalue weighted by Gasteiger charge is 2.32. The molecule has 12 nitrogen and oxygen atoms in total. The van der Waals surface area contributed by atoms with E-state index < -0.39 is 42.1 Å². The normalized spacial score (nSPS) is 34.9. The van der Waals surface area contributed by atoms with Crippen molar-refractivity contribution in [2.45, 2.75) is 31.7 Å². The van der Waals surface area contributed by atoms with Crippen molar-refractivity contribution in [3.8, 4) is 0 Å². The Bertz CT molecular complexity index is 504. The van der Waals surface area contributed by atoms with Gasteiger partial charge in [0.25, 0.3) is 15.6 Å². The number of aliphatic hydroxyl groups is 1. The molecular weight excluding hydrogens is 355 g/mol. The van der Waals surface area contributed by atoms with Gasteiger partial charge in [-0.05, 0) is 6.92 Å². The van der Waals surface area contributed by atoms with Gasteiger partial charge in [-0.15, -0.1) is 0 Å². The van der Waals surface area contributed by atoms with E-state index in [9.17, 15) is 33.5 Å². The van der Waals surface area contributed by atoms with Gasteiger partial charge in [0.05, 0.1) is 18.3 Å². The van der Waals surface area contributed by atoms with Crippen molar-refractivity contribution in [2.24, 2.45) is 0 Å². The molecule has 0 aliphatic carbocycles. The summed E-state index contributed by atoms with van der Waals surface area (Å²) in [6, 6.07) is 0. The van der Waals surface area contributed by atoms with Crippen LogP contribution >= 0.6 is 23.4 Å². The van der Waals surface area contributed by atoms with Crippen LogP contribution in [0.3, 0.4) is 0 Å². The van der Waals surface area contributed by atoms with Gasteiger partial charge in [-0.2, -0.15) is 0 Å². The number of ether oxygens (including phenoxy) is 1. The van der Waals surface area contributed by atoms with Crippen LogP contribution in [0.2, 0.25) is 0 Å². The molecule has 1 aliphatic rings. The van der Waals surface area contributed by atoms with Gasteiger partial charge in [0.15, 0.2) is 0 Å². The van der Waals surface area contributed by atoms with Crippen LogP contribution in [0.4, 0.5) is 0 Å². The number of nitrogens with one attached hydrogen (secondary N) is 1. The predicted molar refractivity (Wildman–Crippen MR) is 60.2 cm³/mol. The molecule has 0 bridgehead atoms. The van der Waals surface area contributed by atoms with E-state index in [0.29, 0.717) is 0 Å². The van der Waals surface area contributed by atoms with Gasteiger partial charge in [-0.1, -0.05) is 0 Å². The number of hydrogen-bond acceptors (Lipinski definition) is 10. The molecule has 126 valence electrons. The van der Waals surface area contributed by atoms with Crippen LogP contribution in [0.5, 0.6) is 0 Å². The number of phosphoric acid groups is 2. The first kappa shape index (κ1) is 19.4. The summed E-state index contributed by atoms with van der Waals surface area (Å²) in [5.41, 5.74) is 0. The van der Waals surface area contributed by atoms with Gasteiger partial charge in [-0.3, -0.25) is 23.1 Å². The Balaban J connectivity index is 2.56. The van der Waals surface area contributed by atoms with E-state index >= 15 is 0 Å². The van der Waals surface area contributed by atoms with Crippen LogP contribution in [-0.4, -0.2) is 34.9 Å². The van der Waals surface area contributed by atoms with E-state index in [1.807, 2.05) is 0 Å². The van der Waals surface area contributed by atoms with Crippen molar-refractivity contribution in [3.63, 3.8) is 0 Å². The lowest BCUT2D eigenvalue weighted by molar-refractivity contribution is -0.243. The fourth-order valence-electron chi connectivity index (χ4n) is 1.62. The molecule has 0 amide bonds. The van der Waals surface area contributed by atoms with Gasteiger partial charge in [0.1, 0.15) is 0 Å². The summed E-state index contributed by atoms with van der Waals surface area (Å²) in [5.74, 6) is 0. The molecule has 1 aliphatic heterocycles. The molecular formula is C6H13NO11P3-3. The number of aliphatic hydroxyl groups excluding tert-OH is 1. The maximum Gasteiger partial charge on any atom is 0.280 e. The minimum atomic E-state index is -5.84. The first-order valence-corrected chi connectivity index (χ1v) is 9.97. The van der Waals surface area contributed by atoms with Crippen molar-refractivity contribution in [1.29, 1.82) is 0 Å². The van der Waals surface area contributed by atoms with E-state index in [2.05, 4.69) is 8.62 Å². The molecule has 1 heterocycles. The highest BCUT2D eigenvalue weighted by atomic mass is 31.3. The Labute approximate surface area is 119 Å². The summed E-state index contributed by atoms with van der Waals surface area (Å²) < 4.78 is 44.2. The molecule has 0 radical (unpaired) electrons. The summed E-state index contributed by atoms with van der Waals surface area (Å²) in [6.07, 6.45) is -1.92. The van der Waals surface area contributed by atoms with Crippen LogP contribution in [0, 0.1) is 0 Å². The maximum absolute atomic E-state index is 11.3.